The molecule has 0 saturated carbocycles. The Labute approximate surface area is 147 Å². The Kier molecular flexibility index (Phi) is 5.45. The number of aryl methyl sites for hydroxylation is 1. The topological polar surface area (TPSA) is 71.7 Å². The maximum absolute atomic E-state index is 13.2. The number of hydrogen-bond donors (Lipinski definition) is 0. The van der Waals surface area contributed by atoms with E-state index in [1.54, 1.807) is 6.92 Å². The number of benzene rings is 1. The van der Waals surface area contributed by atoms with Crippen molar-refractivity contribution in [2.24, 2.45) is 0 Å². The quantitative estimate of drug-likeness (QED) is 0.826. The summed E-state index contributed by atoms with van der Waals surface area (Å²) in [6, 6.07) is 9.56. The van der Waals surface area contributed by atoms with Crippen LogP contribution in [0.4, 0.5) is 0 Å². The molecule has 25 heavy (non-hydrogen) atoms. The van der Waals surface area contributed by atoms with Crippen LogP contribution in [0.3, 0.4) is 0 Å². The molecule has 2 aromatic rings. The van der Waals surface area contributed by atoms with Gasteiger partial charge in [0.1, 0.15) is 6.04 Å². The van der Waals surface area contributed by atoms with E-state index in [-0.39, 0.29) is 18.1 Å². The first kappa shape index (κ1) is 17.6. The van der Waals surface area contributed by atoms with E-state index in [4.69, 9.17) is 9.15 Å². The van der Waals surface area contributed by atoms with Crippen molar-refractivity contribution in [3.05, 3.63) is 47.7 Å². The Morgan fingerprint density at radius 2 is 2.12 bits per heavy atom. The summed E-state index contributed by atoms with van der Waals surface area (Å²) < 4.78 is 11.2. The van der Waals surface area contributed by atoms with Gasteiger partial charge >= 0.3 is 0 Å². The smallest absolute Gasteiger partial charge is 0.246 e. The van der Waals surface area contributed by atoms with Crippen LogP contribution in [-0.4, -0.2) is 59.2 Å². The summed E-state index contributed by atoms with van der Waals surface area (Å²) in [5.74, 6) is 0.991. The molecule has 1 aromatic heterocycles. The summed E-state index contributed by atoms with van der Waals surface area (Å²) in [7, 11) is 1.97. The average Bonchev–Trinajstić information content (AvgIpc) is 3.09. The molecule has 7 heteroatoms. The van der Waals surface area contributed by atoms with Gasteiger partial charge in [0.05, 0.1) is 13.2 Å². The zero-order valence-electron chi connectivity index (χ0n) is 14.9. The minimum absolute atomic E-state index is 0.0695. The van der Waals surface area contributed by atoms with Crippen LogP contribution in [-0.2, 0) is 9.53 Å². The molecule has 1 aliphatic rings. The highest BCUT2D eigenvalue weighted by Gasteiger charge is 2.34. The largest absolute Gasteiger partial charge is 0.423 e. The van der Waals surface area contributed by atoms with Gasteiger partial charge in [-0.1, -0.05) is 37.3 Å². The van der Waals surface area contributed by atoms with Crippen LogP contribution < -0.4 is 0 Å². The van der Waals surface area contributed by atoms with Crippen LogP contribution in [0.15, 0.2) is 34.7 Å². The number of hydrogen-bond acceptors (Lipinski definition) is 6. The van der Waals surface area contributed by atoms with Crippen LogP contribution in [0.2, 0.25) is 0 Å². The second-order valence-electron chi connectivity index (χ2n) is 6.19. The van der Waals surface area contributed by atoms with Crippen molar-refractivity contribution in [2.45, 2.75) is 26.0 Å². The molecule has 2 atom stereocenters. The zero-order valence-corrected chi connectivity index (χ0v) is 14.9. The van der Waals surface area contributed by atoms with E-state index >= 15 is 0 Å². The van der Waals surface area contributed by atoms with E-state index in [2.05, 4.69) is 15.1 Å². The molecule has 0 bridgehead atoms. The molecule has 3 rings (SSSR count). The lowest BCUT2D eigenvalue weighted by atomic mass is 10.0. The molecule has 1 aromatic carbocycles. The lowest BCUT2D eigenvalue weighted by Crippen LogP contribution is -2.47. The third-order valence-corrected chi connectivity index (χ3v) is 4.48. The predicted molar refractivity (Wildman–Crippen MR) is 91.8 cm³/mol. The maximum Gasteiger partial charge on any atom is 0.246 e. The molecule has 1 fully saturated rings. The molecule has 1 aliphatic heterocycles. The van der Waals surface area contributed by atoms with Crippen LogP contribution in [0.5, 0.6) is 0 Å². The Morgan fingerprint density at radius 3 is 2.76 bits per heavy atom. The zero-order chi connectivity index (χ0) is 17.8. The third-order valence-electron chi connectivity index (χ3n) is 4.48. The second kappa shape index (κ2) is 7.76. The molecule has 2 heterocycles. The molecule has 134 valence electrons. The minimum Gasteiger partial charge on any atom is -0.423 e. The molecule has 0 aliphatic carbocycles. The van der Waals surface area contributed by atoms with E-state index < -0.39 is 0 Å². The molecule has 1 saturated heterocycles. The van der Waals surface area contributed by atoms with Gasteiger partial charge < -0.3 is 14.1 Å². The fourth-order valence-corrected chi connectivity index (χ4v) is 3.02. The van der Waals surface area contributed by atoms with Crippen molar-refractivity contribution in [1.29, 1.82) is 0 Å². The summed E-state index contributed by atoms with van der Waals surface area (Å²) in [6.07, 6.45) is -0.373. The number of aromatic nitrogens is 2. The lowest BCUT2D eigenvalue weighted by Gasteiger charge is -2.36. The van der Waals surface area contributed by atoms with Crippen LogP contribution in [0.1, 0.15) is 36.4 Å². The number of rotatable bonds is 5. The Bertz CT molecular complexity index is 703. The Hall–Kier alpha value is -2.25. The van der Waals surface area contributed by atoms with Gasteiger partial charge in [0.25, 0.3) is 0 Å². The first-order valence-electron chi connectivity index (χ1n) is 8.55. The van der Waals surface area contributed by atoms with Crippen LogP contribution >= 0.6 is 0 Å². The van der Waals surface area contributed by atoms with Crippen LogP contribution in [0, 0.1) is 6.92 Å². The van der Waals surface area contributed by atoms with Gasteiger partial charge in [-0.05, 0) is 19.2 Å². The summed E-state index contributed by atoms with van der Waals surface area (Å²) in [5, 5.41) is 7.88. The average molecular weight is 344 g/mol. The molecule has 2 unspecified atom stereocenters. The molecular weight excluding hydrogens is 320 g/mol. The van der Waals surface area contributed by atoms with Gasteiger partial charge in [0.15, 0.2) is 6.10 Å². The molecule has 1 amide bonds. The molecule has 0 N–H and O–H groups in total. The van der Waals surface area contributed by atoms with Crippen molar-refractivity contribution < 1.29 is 13.9 Å². The Balaban J connectivity index is 1.79. The van der Waals surface area contributed by atoms with Crippen molar-refractivity contribution in [2.75, 3.05) is 33.3 Å². The standard InChI is InChI=1S/C18H24N4O3/c1-4-21(3)16(14-8-6-5-7-9-14)18(23)22-10-11-24-15(12-22)17-20-19-13(2)25-17/h5-9,15-16H,4,10-12H2,1-3H3. The molecule has 7 nitrogen and oxygen atoms in total. The maximum atomic E-state index is 13.2. The van der Waals surface area contributed by atoms with Crippen molar-refractivity contribution in [3.8, 4) is 0 Å². The molecule has 0 radical (unpaired) electrons. The minimum atomic E-state index is -0.373. The van der Waals surface area contributed by atoms with Gasteiger partial charge in [-0.2, -0.15) is 0 Å². The third kappa shape index (κ3) is 3.88. The highest BCUT2D eigenvalue weighted by Crippen LogP contribution is 2.26. The first-order chi connectivity index (χ1) is 12.1. The summed E-state index contributed by atoms with van der Waals surface area (Å²) in [4.78, 5) is 17.1. The van der Waals surface area contributed by atoms with Crippen LogP contribution in [0.25, 0.3) is 0 Å². The fraction of sp³-hybridized carbons (Fsp3) is 0.500. The lowest BCUT2D eigenvalue weighted by molar-refractivity contribution is -0.145. The second-order valence-corrected chi connectivity index (χ2v) is 6.19. The monoisotopic (exact) mass is 344 g/mol. The van der Waals surface area contributed by atoms with Crippen molar-refractivity contribution in [1.82, 2.24) is 20.0 Å². The summed E-state index contributed by atoms with van der Waals surface area (Å²) >= 11 is 0. The number of morpholine rings is 1. The van der Waals surface area contributed by atoms with E-state index in [1.165, 1.54) is 0 Å². The molecule has 0 spiro atoms. The number of ether oxygens (including phenoxy) is 1. The van der Waals surface area contributed by atoms with E-state index in [9.17, 15) is 4.79 Å². The number of carbonyl (C=O) groups is 1. The number of likely N-dealkylation sites (N-methyl/N-ethyl adjacent to an activating group) is 1. The normalized spacial score (nSPS) is 19.2. The van der Waals surface area contributed by atoms with Gasteiger partial charge in [-0.3, -0.25) is 9.69 Å². The van der Waals surface area contributed by atoms with Gasteiger partial charge in [0.2, 0.25) is 17.7 Å². The van der Waals surface area contributed by atoms with Crippen molar-refractivity contribution in [3.63, 3.8) is 0 Å². The molecular formula is C18H24N4O3. The van der Waals surface area contributed by atoms with E-state index in [0.717, 1.165) is 12.1 Å². The summed E-state index contributed by atoms with van der Waals surface area (Å²) in [6.45, 7) is 6.00. The number of carbonyl (C=O) groups excluding carboxylic acids is 1. The van der Waals surface area contributed by atoms with E-state index in [1.807, 2.05) is 49.2 Å². The number of nitrogens with zero attached hydrogens (tertiary/aromatic N) is 4. The fourth-order valence-electron chi connectivity index (χ4n) is 3.02. The number of amides is 1. The Morgan fingerprint density at radius 1 is 1.36 bits per heavy atom. The predicted octanol–water partition coefficient (Wildman–Crippen LogP) is 1.97. The highest BCUT2D eigenvalue weighted by molar-refractivity contribution is 5.83. The van der Waals surface area contributed by atoms with E-state index in [0.29, 0.717) is 31.5 Å². The van der Waals surface area contributed by atoms with Gasteiger partial charge in [-0.15, -0.1) is 10.2 Å². The SMILES string of the molecule is CCN(C)C(C(=O)N1CCOC(c2nnc(C)o2)C1)c1ccccc1. The van der Waals surface area contributed by atoms with Crippen molar-refractivity contribution >= 4 is 5.91 Å². The first-order valence-corrected chi connectivity index (χ1v) is 8.55. The highest BCUT2D eigenvalue weighted by atomic mass is 16.5. The van der Waals surface area contributed by atoms with Gasteiger partial charge in [-0.25, -0.2) is 0 Å². The summed E-state index contributed by atoms with van der Waals surface area (Å²) in [5.41, 5.74) is 0.994. The van der Waals surface area contributed by atoms with Gasteiger partial charge in [0, 0.05) is 13.5 Å².